The predicted molar refractivity (Wildman–Crippen MR) is 77.4 cm³/mol. The first-order chi connectivity index (χ1) is 9.55. The Hall–Kier alpha value is -1.82. The highest BCUT2D eigenvalue weighted by Gasteiger charge is 2.26. The van der Waals surface area contributed by atoms with Gasteiger partial charge in [-0.25, -0.2) is 8.42 Å². The molecular weight excluding hydrogens is 276 g/mol. The molecule has 1 aliphatic heterocycles. The molecule has 1 aliphatic rings. The summed E-state index contributed by atoms with van der Waals surface area (Å²) in [5.74, 6) is 0.0616. The summed E-state index contributed by atoms with van der Waals surface area (Å²) < 4.78 is 23.2. The van der Waals surface area contributed by atoms with E-state index >= 15 is 0 Å². The molecule has 2 N–H and O–H groups in total. The molecule has 1 saturated heterocycles. The molecule has 1 fully saturated rings. The monoisotopic (exact) mass is 292 g/mol. The van der Waals surface area contributed by atoms with Gasteiger partial charge < -0.3 is 10.3 Å². The summed E-state index contributed by atoms with van der Waals surface area (Å²) in [7, 11) is -3.01. The minimum atomic E-state index is -3.01. The maximum atomic E-state index is 12.3. The first-order valence-electron chi connectivity index (χ1n) is 6.62. The smallest absolute Gasteiger partial charge is 0.252 e. The number of carbonyl (C=O) groups is 1. The Labute approximate surface area is 117 Å². The van der Waals surface area contributed by atoms with E-state index < -0.39 is 9.84 Å². The van der Waals surface area contributed by atoms with Gasteiger partial charge in [-0.05, 0) is 31.0 Å². The molecule has 2 heterocycles. The van der Waals surface area contributed by atoms with Gasteiger partial charge in [0.05, 0.1) is 11.5 Å². The van der Waals surface area contributed by atoms with E-state index in [1.807, 2.05) is 18.2 Å². The summed E-state index contributed by atoms with van der Waals surface area (Å²) in [6.07, 6.45) is 3.11. The fraction of sp³-hybridized carbons (Fsp3) is 0.357. The van der Waals surface area contributed by atoms with E-state index in [9.17, 15) is 13.2 Å². The van der Waals surface area contributed by atoms with Crippen LogP contribution in [-0.2, 0) is 9.84 Å². The van der Waals surface area contributed by atoms with Crippen LogP contribution in [0.15, 0.2) is 30.5 Å². The van der Waals surface area contributed by atoms with Crippen molar-refractivity contribution in [2.45, 2.75) is 18.9 Å². The normalized spacial score (nSPS) is 21.7. The van der Waals surface area contributed by atoms with E-state index in [2.05, 4.69) is 10.3 Å². The molecule has 1 atom stereocenters. The molecule has 0 radical (unpaired) electrons. The van der Waals surface area contributed by atoms with Crippen molar-refractivity contribution in [1.29, 1.82) is 0 Å². The van der Waals surface area contributed by atoms with Gasteiger partial charge in [-0.3, -0.25) is 4.79 Å². The van der Waals surface area contributed by atoms with Crippen molar-refractivity contribution in [3.8, 4) is 0 Å². The number of rotatable bonds is 2. The number of fused-ring (bicyclic) bond motifs is 1. The molecule has 0 spiro atoms. The third-order valence-corrected chi connectivity index (χ3v) is 5.46. The molecule has 2 aromatic rings. The highest BCUT2D eigenvalue weighted by atomic mass is 32.2. The Morgan fingerprint density at radius 3 is 2.95 bits per heavy atom. The summed E-state index contributed by atoms with van der Waals surface area (Å²) >= 11 is 0. The van der Waals surface area contributed by atoms with Crippen molar-refractivity contribution >= 4 is 26.6 Å². The van der Waals surface area contributed by atoms with Crippen molar-refractivity contribution in [3.05, 3.63) is 36.0 Å². The van der Waals surface area contributed by atoms with Gasteiger partial charge in [0.2, 0.25) is 0 Å². The molecule has 1 aromatic carbocycles. The van der Waals surface area contributed by atoms with Crippen LogP contribution in [0, 0.1) is 0 Å². The zero-order valence-electron chi connectivity index (χ0n) is 10.9. The Morgan fingerprint density at radius 1 is 1.30 bits per heavy atom. The van der Waals surface area contributed by atoms with E-state index in [-0.39, 0.29) is 23.5 Å². The molecular formula is C14H16N2O3S. The van der Waals surface area contributed by atoms with Gasteiger partial charge in [0.15, 0.2) is 9.84 Å². The van der Waals surface area contributed by atoms with Crippen LogP contribution in [0.4, 0.5) is 0 Å². The number of H-pyrrole nitrogens is 1. The molecule has 1 unspecified atom stereocenters. The highest BCUT2D eigenvalue weighted by Crippen LogP contribution is 2.18. The summed E-state index contributed by atoms with van der Waals surface area (Å²) in [5, 5.41) is 3.69. The highest BCUT2D eigenvalue weighted by molar-refractivity contribution is 7.91. The van der Waals surface area contributed by atoms with Gasteiger partial charge in [0.25, 0.3) is 5.91 Å². The average molecular weight is 292 g/mol. The lowest BCUT2D eigenvalue weighted by Gasteiger charge is -2.23. The SMILES string of the molecule is O=C(NC1CCCS(=O)(=O)C1)c1cccc2[nH]ccc12. The Bertz CT molecular complexity index is 749. The molecule has 106 valence electrons. The van der Waals surface area contributed by atoms with Crippen molar-refractivity contribution in [2.24, 2.45) is 0 Å². The van der Waals surface area contributed by atoms with Crippen LogP contribution in [0.1, 0.15) is 23.2 Å². The maximum absolute atomic E-state index is 12.3. The van der Waals surface area contributed by atoms with Crippen molar-refractivity contribution < 1.29 is 13.2 Å². The molecule has 0 bridgehead atoms. The first kappa shape index (κ1) is 13.2. The predicted octanol–water partition coefficient (Wildman–Crippen LogP) is 1.47. The largest absolute Gasteiger partial charge is 0.361 e. The molecule has 0 saturated carbocycles. The van der Waals surface area contributed by atoms with Gasteiger partial charge in [-0.2, -0.15) is 0 Å². The van der Waals surface area contributed by atoms with Gasteiger partial charge in [-0.1, -0.05) is 6.07 Å². The number of nitrogens with one attached hydrogen (secondary N) is 2. The summed E-state index contributed by atoms with van der Waals surface area (Å²) in [5.41, 5.74) is 1.47. The number of amides is 1. The van der Waals surface area contributed by atoms with Gasteiger partial charge >= 0.3 is 0 Å². The molecule has 6 heteroatoms. The lowest BCUT2D eigenvalue weighted by atomic mass is 10.1. The topological polar surface area (TPSA) is 79.0 Å². The second kappa shape index (κ2) is 4.94. The van der Waals surface area contributed by atoms with Crippen LogP contribution < -0.4 is 5.32 Å². The maximum Gasteiger partial charge on any atom is 0.252 e. The summed E-state index contributed by atoms with van der Waals surface area (Å²) in [6, 6.07) is 7.03. The summed E-state index contributed by atoms with van der Waals surface area (Å²) in [4.78, 5) is 15.4. The lowest BCUT2D eigenvalue weighted by Crippen LogP contribution is -2.43. The molecule has 5 nitrogen and oxygen atoms in total. The van der Waals surface area contributed by atoms with Gasteiger partial charge in [-0.15, -0.1) is 0 Å². The van der Waals surface area contributed by atoms with Crippen LogP contribution in [0.5, 0.6) is 0 Å². The first-order valence-corrected chi connectivity index (χ1v) is 8.45. The Balaban J connectivity index is 1.81. The Morgan fingerprint density at radius 2 is 2.15 bits per heavy atom. The number of aromatic nitrogens is 1. The fourth-order valence-corrected chi connectivity index (χ4v) is 4.32. The van der Waals surface area contributed by atoms with E-state index in [1.165, 1.54) is 0 Å². The van der Waals surface area contributed by atoms with Crippen LogP contribution in [0.25, 0.3) is 10.9 Å². The van der Waals surface area contributed by atoms with Crippen LogP contribution in [0.3, 0.4) is 0 Å². The second-order valence-electron chi connectivity index (χ2n) is 5.17. The minimum absolute atomic E-state index is 0.0435. The zero-order chi connectivity index (χ0) is 14.2. The van der Waals surface area contributed by atoms with E-state index in [1.54, 1.807) is 12.3 Å². The quantitative estimate of drug-likeness (QED) is 0.880. The molecule has 1 aromatic heterocycles. The molecule has 20 heavy (non-hydrogen) atoms. The minimum Gasteiger partial charge on any atom is -0.361 e. The third kappa shape index (κ3) is 2.56. The van der Waals surface area contributed by atoms with E-state index in [4.69, 9.17) is 0 Å². The number of hydrogen-bond acceptors (Lipinski definition) is 3. The summed E-state index contributed by atoms with van der Waals surface area (Å²) in [6.45, 7) is 0. The van der Waals surface area contributed by atoms with Crippen LogP contribution in [0.2, 0.25) is 0 Å². The van der Waals surface area contributed by atoms with Crippen molar-refractivity contribution in [2.75, 3.05) is 11.5 Å². The Kier molecular flexibility index (Phi) is 3.25. The molecule has 3 rings (SSSR count). The zero-order valence-corrected chi connectivity index (χ0v) is 11.7. The van der Waals surface area contributed by atoms with Crippen molar-refractivity contribution in [3.63, 3.8) is 0 Å². The fourth-order valence-electron chi connectivity index (χ4n) is 2.68. The third-order valence-electron chi connectivity index (χ3n) is 3.64. The van der Waals surface area contributed by atoms with Gasteiger partial charge in [0, 0.05) is 28.7 Å². The number of sulfone groups is 1. The number of aromatic amines is 1. The molecule has 0 aliphatic carbocycles. The lowest BCUT2D eigenvalue weighted by molar-refractivity contribution is 0.0940. The number of benzene rings is 1. The number of hydrogen-bond donors (Lipinski definition) is 2. The van der Waals surface area contributed by atoms with Crippen LogP contribution >= 0.6 is 0 Å². The van der Waals surface area contributed by atoms with Crippen molar-refractivity contribution in [1.82, 2.24) is 10.3 Å². The number of carbonyl (C=O) groups excluding carboxylic acids is 1. The van der Waals surface area contributed by atoms with Gasteiger partial charge in [0.1, 0.15) is 0 Å². The van der Waals surface area contributed by atoms with E-state index in [0.29, 0.717) is 18.4 Å². The second-order valence-corrected chi connectivity index (χ2v) is 7.40. The standard InChI is InChI=1S/C14H16N2O3S/c17-14(16-10-3-2-8-20(18,19)9-10)12-4-1-5-13-11(12)6-7-15-13/h1,4-7,10,15H,2-3,8-9H2,(H,16,17). The van der Waals surface area contributed by atoms with Crippen LogP contribution in [-0.4, -0.2) is 36.9 Å². The molecule has 1 amide bonds. The average Bonchev–Trinajstić information content (AvgIpc) is 2.85. The van der Waals surface area contributed by atoms with E-state index in [0.717, 1.165) is 10.9 Å².